The fraction of sp³-hybridized carbons (Fsp3) is 0.353. The average molecular weight is 315 g/mol. The van der Waals surface area contributed by atoms with E-state index < -0.39 is 5.97 Å². The molecule has 0 saturated heterocycles. The monoisotopic (exact) mass is 315 g/mol. The summed E-state index contributed by atoms with van der Waals surface area (Å²) in [4.78, 5) is 22.9. The largest absolute Gasteiger partial charge is 0.481 e. The Morgan fingerprint density at radius 1 is 1.26 bits per heavy atom. The van der Waals surface area contributed by atoms with E-state index in [-0.39, 0.29) is 18.2 Å². The molecule has 1 aromatic carbocycles. The Hall–Kier alpha value is -2.63. The highest BCUT2D eigenvalue weighted by Crippen LogP contribution is 2.16. The van der Waals surface area contributed by atoms with Crippen molar-refractivity contribution >= 4 is 17.6 Å². The summed E-state index contributed by atoms with van der Waals surface area (Å²) in [5, 5.41) is 15.8. The Labute approximate surface area is 135 Å². The molecule has 0 aliphatic rings. The van der Waals surface area contributed by atoms with Crippen molar-refractivity contribution in [1.82, 2.24) is 9.78 Å². The first-order chi connectivity index (χ1) is 10.9. The van der Waals surface area contributed by atoms with Crippen LogP contribution in [0.1, 0.15) is 47.9 Å². The lowest BCUT2D eigenvalue weighted by Gasteiger charge is -2.06. The predicted octanol–water partition coefficient (Wildman–Crippen LogP) is 2.81. The number of hydrogen-bond donors (Lipinski definition) is 2. The number of carboxylic acids is 1. The van der Waals surface area contributed by atoms with Crippen LogP contribution in [0.15, 0.2) is 30.3 Å². The summed E-state index contributed by atoms with van der Waals surface area (Å²) in [5.74, 6) is -0.777. The zero-order valence-corrected chi connectivity index (χ0v) is 13.5. The van der Waals surface area contributed by atoms with E-state index in [9.17, 15) is 9.59 Å². The van der Waals surface area contributed by atoms with Crippen LogP contribution in [0, 0.1) is 0 Å². The van der Waals surface area contributed by atoms with E-state index >= 15 is 0 Å². The van der Waals surface area contributed by atoms with Crippen LogP contribution in [0.4, 0.5) is 5.69 Å². The topological polar surface area (TPSA) is 84.2 Å². The first kappa shape index (κ1) is 16.7. The van der Waals surface area contributed by atoms with Crippen LogP contribution < -0.4 is 5.32 Å². The minimum atomic E-state index is -0.820. The second-order valence-corrected chi connectivity index (χ2v) is 5.78. The number of aryl methyl sites for hydroxylation is 2. The quantitative estimate of drug-likeness (QED) is 0.858. The van der Waals surface area contributed by atoms with E-state index in [1.165, 1.54) is 0 Å². The molecule has 0 atom stereocenters. The summed E-state index contributed by atoms with van der Waals surface area (Å²) in [5.41, 5.74) is 2.97. The first-order valence-corrected chi connectivity index (χ1v) is 7.53. The van der Waals surface area contributed by atoms with Gasteiger partial charge in [0.15, 0.2) is 0 Å². The van der Waals surface area contributed by atoms with Gasteiger partial charge in [-0.2, -0.15) is 5.10 Å². The fourth-order valence-corrected chi connectivity index (χ4v) is 2.19. The molecule has 0 radical (unpaired) electrons. The van der Waals surface area contributed by atoms with Crippen molar-refractivity contribution < 1.29 is 14.7 Å². The number of carbonyl (C=O) groups is 2. The average Bonchev–Trinajstić information content (AvgIpc) is 2.89. The Morgan fingerprint density at radius 2 is 1.91 bits per heavy atom. The van der Waals surface area contributed by atoms with Gasteiger partial charge in [0.05, 0.1) is 5.69 Å². The molecule has 1 heterocycles. The summed E-state index contributed by atoms with van der Waals surface area (Å²) in [7, 11) is 1.75. The van der Waals surface area contributed by atoms with Crippen LogP contribution in [0.3, 0.4) is 0 Å². The van der Waals surface area contributed by atoms with Crippen LogP contribution in [0.25, 0.3) is 0 Å². The van der Waals surface area contributed by atoms with Gasteiger partial charge < -0.3 is 10.4 Å². The molecular formula is C17H21N3O3. The second kappa shape index (κ2) is 7.09. The molecule has 122 valence electrons. The minimum absolute atomic E-state index is 0.0959. The maximum absolute atomic E-state index is 12.3. The maximum atomic E-state index is 12.3. The number of carboxylic acid groups (broad SMARTS) is 1. The van der Waals surface area contributed by atoms with Crippen molar-refractivity contribution in [3.05, 3.63) is 47.3 Å². The Kier molecular flexibility index (Phi) is 5.16. The lowest BCUT2D eigenvalue weighted by Crippen LogP contribution is -2.16. The molecule has 0 spiro atoms. The fourth-order valence-electron chi connectivity index (χ4n) is 2.19. The zero-order chi connectivity index (χ0) is 17.0. The van der Waals surface area contributed by atoms with E-state index in [1.807, 2.05) is 26.0 Å². The number of amides is 1. The van der Waals surface area contributed by atoms with Gasteiger partial charge in [-0.1, -0.05) is 26.0 Å². The molecular weight excluding hydrogens is 294 g/mol. The molecule has 0 aliphatic carbocycles. The summed E-state index contributed by atoms with van der Waals surface area (Å²) in [6, 6.07) is 8.98. The smallest absolute Gasteiger partial charge is 0.303 e. The third kappa shape index (κ3) is 4.42. The van der Waals surface area contributed by atoms with Gasteiger partial charge in [-0.15, -0.1) is 0 Å². The number of aliphatic carboxylic acids is 1. The van der Waals surface area contributed by atoms with Crippen LogP contribution in [-0.4, -0.2) is 26.8 Å². The van der Waals surface area contributed by atoms with E-state index in [1.54, 1.807) is 29.9 Å². The summed E-state index contributed by atoms with van der Waals surface area (Å²) in [6.45, 7) is 4.06. The number of anilines is 1. The molecule has 0 saturated carbocycles. The highest BCUT2D eigenvalue weighted by molar-refractivity contribution is 6.03. The number of aromatic nitrogens is 2. The van der Waals surface area contributed by atoms with Crippen molar-refractivity contribution in [2.45, 2.75) is 32.6 Å². The molecule has 1 amide bonds. The van der Waals surface area contributed by atoms with Crippen molar-refractivity contribution in [2.24, 2.45) is 7.05 Å². The highest BCUT2D eigenvalue weighted by Gasteiger charge is 2.15. The van der Waals surface area contributed by atoms with Crippen LogP contribution in [0.5, 0.6) is 0 Å². The number of nitrogens with zero attached hydrogens (tertiary/aromatic N) is 2. The lowest BCUT2D eigenvalue weighted by atomic mass is 10.1. The second-order valence-electron chi connectivity index (χ2n) is 5.78. The third-order valence-electron chi connectivity index (χ3n) is 3.56. The number of rotatable bonds is 6. The zero-order valence-electron chi connectivity index (χ0n) is 13.5. The summed E-state index contributed by atoms with van der Waals surface area (Å²) >= 11 is 0. The Bertz CT molecular complexity index is 702. The number of nitrogens with one attached hydrogen (secondary N) is 1. The van der Waals surface area contributed by atoms with Crippen LogP contribution >= 0.6 is 0 Å². The first-order valence-electron chi connectivity index (χ1n) is 7.53. The Balaban J connectivity index is 2.04. The third-order valence-corrected chi connectivity index (χ3v) is 3.56. The molecule has 0 aliphatic heterocycles. The van der Waals surface area contributed by atoms with Gasteiger partial charge in [-0.05, 0) is 36.1 Å². The van der Waals surface area contributed by atoms with Crippen LogP contribution in [-0.2, 0) is 18.3 Å². The van der Waals surface area contributed by atoms with Gasteiger partial charge in [0, 0.05) is 19.2 Å². The molecule has 0 fully saturated rings. The van der Waals surface area contributed by atoms with E-state index in [4.69, 9.17) is 5.11 Å². The van der Waals surface area contributed by atoms with E-state index in [2.05, 4.69) is 10.4 Å². The number of benzene rings is 1. The summed E-state index contributed by atoms with van der Waals surface area (Å²) in [6.07, 6.45) is 0.571. The van der Waals surface area contributed by atoms with Crippen LogP contribution in [0.2, 0.25) is 0 Å². The van der Waals surface area contributed by atoms with Gasteiger partial charge in [0.1, 0.15) is 5.69 Å². The van der Waals surface area contributed by atoms with Gasteiger partial charge >= 0.3 is 5.97 Å². The van der Waals surface area contributed by atoms with Gasteiger partial charge in [-0.3, -0.25) is 14.3 Å². The van der Waals surface area contributed by atoms with Crippen molar-refractivity contribution in [1.29, 1.82) is 0 Å². The number of carbonyl (C=O) groups excluding carboxylic acids is 1. The highest BCUT2D eigenvalue weighted by atomic mass is 16.4. The molecule has 1 aromatic heterocycles. The van der Waals surface area contributed by atoms with Crippen molar-refractivity contribution in [3.63, 3.8) is 0 Å². The predicted molar refractivity (Wildman–Crippen MR) is 87.6 cm³/mol. The Morgan fingerprint density at radius 3 is 2.43 bits per heavy atom. The van der Waals surface area contributed by atoms with E-state index in [0.717, 1.165) is 11.3 Å². The van der Waals surface area contributed by atoms with Gasteiger partial charge in [0.2, 0.25) is 0 Å². The normalized spacial score (nSPS) is 10.8. The molecule has 0 unspecified atom stereocenters. The standard InChI is InChI=1S/C17H21N3O3/c1-11(2)14-10-15(20(3)19-14)17(23)18-13-7-4-12(5-8-13)6-9-16(21)22/h4-5,7-8,10-11H,6,9H2,1-3H3,(H,18,23)(H,21,22). The van der Waals surface area contributed by atoms with Gasteiger partial charge in [0.25, 0.3) is 5.91 Å². The molecule has 6 heteroatoms. The van der Waals surface area contributed by atoms with Crippen molar-refractivity contribution in [3.8, 4) is 0 Å². The molecule has 2 rings (SSSR count). The van der Waals surface area contributed by atoms with E-state index in [0.29, 0.717) is 17.8 Å². The SMILES string of the molecule is CC(C)c1cc(C(=O)Nc2ccc(CCC(=O)O)cc2)n(C)n1. The molecule has 6 nitrogen and oxygen atoms in total. The summed E-state index contributed by atoms with van der Waals surface area (Å²) < 4.78 is 1.58. The molecule has 2 aromatic rings. The van der Waals surface area contributed by atoms with Gasteiger partial charge in [-0.25, -0.2) is 0 Å². The maximum Gasteiger partial charge on any atom is 0.303 e. The lowest BCUT2D eigenvalue weighted by molar-refractivity contribution is -0.136. The minimum Gasteiger partial charge on any atom is -0.481 e. The van der Waals surface area contributed by atoms with Crippen molar-refractivity contribution in [2.75, 3.05) is 5.32 Å². The molecule has 2 N–H and O–H groups in total. The number of hydrogen-bond acceptors (Lipinski definition) is 3. The molecule has 0 bridgehead atoms. The molecule has 23 heavy (non-hydrogen) atoms.